The zero-order chi connectivity index (χ0) is 15.7. The number of carbonyl (C=O) groups is 1. The summed E-state index contributed by atoms with van der Waals surface area (Å²) in [7, 11) is 0. The van der Waals surface area contributed by atoms with Gasteiger partial charge in [-0.15, -0.1) is 0 Å². The van der Waals surface area contributed by atoms with Gasteiger partial charge >= 0.3 is 5.97 Å². The van der Waals surface area contributed by atoms with Crippen molar-refractivity contribution in [2.75, 3.05) is 0 Å². The standard InChI is InChI=1S/C17H19NO3/c1-11(19)20-17-12-8-6-7-9-13(12)21-16(17,10-18)14(2,3)15(17,4)5/h6-9H,1-5H3. The highest BCUT2D eigenvalue weighted by Gasteiger charge is 2.89. The van der Waals surface area contributed by atoms with Crippen molar-refractivity contribution in [1.82, 2.24) is 0 Å². The summed E-state index contributed by atoms with van der Waals surface area (Å²) < 4.78 is 11.8. The van der Waals surface area contributed by atoms with Gasteiger partial charge < -0.3 is 9.47 Å². The highest BCUT2D eigenvalue weighted by molar-refractivity contribution is 5.70. The minimum atomic E-state index is -1.20. The first-order valence-corrected chi connectivity index (χ1v) is 7.07. The number of fused-ring (bicyclic) bond motifs is 3. The van der Waals surface area contributed by atoms with Crippen LogP contribution in [0.15, 0.2) is 24.3 Å². The summed E-state index contributed by atoms with van der Waals surface area (Å²) in [6.07, 6.45) is 0. The van der Waals surface area contributed by atoms with E-state index in [1.54, 1.807) is 0 Å². The lowest BCUT2D eigenvalue weighted by Gasteiger charge is -2.70. The van der Waals surface area contributed by atoms with Crippen LogP contribution in [0.4, 0.5) is 0 Å². The lowest BCUT2D eigenvalue weighted by Crippen LogP contribution is -2.82. The Labute approximate surface area is 124 Å². The summed E-state index contributed by atoms with van der Waals surface area (Å²) in [5.41, 5.74) is -2.39. The van der Waals surface area contributed by atoms with Gasteiger partial charge in [-0.25, -0.2) is 0 Å². The number of carbonyl (C=O) groups excluding carboxylic acids is 1. The van der Waals surface area contributed by atoms with Crippen molar-refractivity contribution in [2.24, 2.45) is 10.8 Å². The van der Waals surface area contributed by atoms with Crippen LogP contribution >= 0.6 is 0 Å². The molecule has 2 aliphatic rings. The van der Waals surface area contributed by atoms with Crippen molar-refractivity contribution in [3.8, 4) is 11.8 Å². The third-order valence-corrected chi connectivity index (χ3v) is 5.80. The van der Waals surface area contributed by atoms with Crippen LogP contribution in [0.3, 0.4) is 0 Å². The highest BCUT2D eigenvalue weighted by atomic mass is 16.6. The Balaban J connectivity index is 2.35. The maximum Gasteiger partial charge on any atom is 0.303 e. The van der Waals surface area contributed by atoms with E-state index >= 15 is 0 Å². The van der Waals surface area contributed by atoms with Crippen LogP contribution in [-0.4, -0.2) is 11.6 Å². The molecule has 0 amide bonds. The fourth-order valence-corrected chi connectivity index (χ4v) is 4.15. The molecule has 1 aliphatic carbocycles. The van der Waals surface area contributed by atoms with Crippen LogP contribution in [0.1, 0.15) is 40.2 Å². The summed E-state index contributed by atoms with van der Waals surface area (Å²) in [4.78, 5) is 11.8. The van der Waals surface area contributed by atoms with Gasteiger partial charge in [0.05, 0.1) is 0 Å². The van der Waals surface area contributed by atoms with Gasteiger partial charge in [-0.2, -0.15) is 5.26 Å². The Morgan fingerprint density at radius 1 is 1.19 bits per heavy atom. The van der Waals surface area contributed by atoms with E-state index in [0.29, 0.717) is 5.75 Å². The average Bonchev–Trinajstić information content (AvgIpc) is 2.69. The van der Waals surface area contributed by atoms with E-state index < -0.39 is 28.0 Å². The molecule has 1 heterocycles. The number of benzene rings is 1. The van der Waals surface area contributed by atoms with Crippen LogP contribution < -0.4 is 4.74 Å². The van der Waals surface area contributed by atoms with Gasteiger partial charge in [-0.3, -0.25) is 4.79 Å². The molecule has 1 aromatic carbocycles. The fourth-order valence-electron chi connectivity index (χ4n) is 4.15. The van der Waals surface area contributed by atoms with Crippen LogP contribution in [-0.2, 0) is 15.1 Å². The van der Waals surface area contributed by atoms with Gasteiger partial charge in [0.25, 0.3) is 0 Å². The molecule has 1 aromatic rings. The average molecular weight is 285 g/mol. The number of rotatable bonds is 1. The topological polar surface area (TPSA) is 59.3 Å². The number of para-hydroxylation sites is 1. The molecule has 4 nitrogen and oxygen atoms in total. The molecule has 0 radical (unpaired) electrons. The quantitative estimate of drug-likeness (QED) is 0.744. The van der Waals surface area contributed by atoms with E-state index in [9.17, 15) is 10.1 Å². The van der Waals surface area contributed by atoms with Gasteiger partial charge in [-0.1, -0.05) is 45.9 Å². The third-order valence-electron chi connectivity index (χ3n) is 5.80. The number of ether oxygens (including phenoxy) is 2. The van der Waals surface area contributed by atoms with Gasteiger partial charge in [0.15, 0.2) is 5.60 Å². The summed E-state index contributed by atoms with van der Waals surface area (Å²) in [5, 5.41) is 9.90. The van der Waals surface area contributed by atoms with E-state index in [1.165, 1.54) is 6.92 Å². The van der Waals surface area contributed by atoms with Gasteiger partial charge in [0.2, 0.25) is 5.60 Å². The van der Waals surface area contributed by atoms with Crippen molar-refractivity contribution in [1.29, 1.82) is 5.26 Å². The third kappa shape index (κ3) is 1.12. The monoisotopic (exact) mass is 285 g/mol. The molecule has 110 valence electrons. The molecule has 0 saturated heterocycles. The lowest BCUT2D eigenvalue weighted by atomic mass is 9.35. The first-order valence-electron chi connectivity index (χ1n) is 7.07. The molecule has 0 aromatic heterocycles. The van der Waals surface area contributed by atoms with Gasteiger partial charge in [0.1, 0.15) is 11.8 Å². The molecular formula is C17H19NO3. The fraction of sp³-hybridized carbons (Fsp3) is 0.529. The highest BCUT2D eigenvalue weighted by Crippen LogP contribution is 2.78. The predicted molar refractivity (Wildman–Crippen MR) is 76.4 cm³/mol. The Morgan fingerprint density at radius 3 is 2.38 bits per heavy atom. The number of nitriles is 1. The second-order valence-electron chi connectivity index (χ2n) is 6.92. The van der Waals surface area contributed by atoms with E-state index in [4.69, 9.17) is 9.47 Å². The van der Waals surface area contributed by atoms with E-state index in [2.05, 4.69) is 6.07 Å². The summed E-state index contributed by atoms with van der Waals surface area (Å²) in [6, 6.07) is 9.76. The van der Waals surface area contributed by atoms with Crippen molar-refractivity contribution < 1.29 is 14.3 Å². The minimum Gasteiger partial charge on any atom is -0.467 e. The Morgan fingerprint density at radius 2 is 1.81 bits per heavy atom. The van der Waals surface area contributed by atoms with Crippen LogP contribution in [0.5, 0.6) is 5.75 Å². The maximum atomic E-state index is 11.8. The van der Waals surface area contributed by atoms with Gasteiger partial charge in [-0.05, 0) is 6.07 Å². The van der Waals surface area contributed by atoms with Crippen LogP contribution in [0.2, 0.25) is 0 Å². The maximum absolute atomic E-state index is 11.8. The second kappa shape index (κ2) is 3.59. The molecular weight excluding hydrogens is 266 g/mol. The number of hydrogen-bond acceptors (Lipinski definition) is 4. The molecule has 2 unspecified atom stereocenters. The Kier molecular flexibility index (Phi) is 2.39. The van der Waals surface area contributed by atoms with E-state index in [1.807, 2.05) is 52.0 Å². The molecule has 0 spiro atoms. The van der Waals surface area contributed by atoms with E-state index in [0.717, 1.165) is 5.56 Å². The molecule has 1 aliphatic heterocycles. The first kappa shape index (κ1) is 13.9. The second-order valence-corrected chi connectivity index (χ2v) is 6.92. The summed E-state index contributed by atoms with van der Waals surface area (Å²) in [5.74, 6) is 0.220. The zero-order valence-corrected chi connectivity index (χ0v) is 13.0. The lowest BCUT2D eigenvalue weighted by molar-refractivity contribution is -0.340. The van der Waals surface area contributed by atoms with E-state index in [-0.39, 0.29) is 0 Å². The largest absolute Gasteiger partial charge is 0.467 e. The molecule has 4 heteroatoms. The molecule has 21 heavy (non-hydrogen) atoms. The molecule has 1 fully saturated rings. The number of hydrogen-bond donors (Lipinski definition) is 0. The van der Waals surface area contributed by atoms with Crippen molar-refractivity contribution in [3.63, 3.8) is 0 Å². The molecule has 0 bridgehead atoms. The van der Waals surface area contributed by atoms with Crippen LogP contribution in [0.25, 0.3) is 0 Å². The molecule has 2 atom stereocenters. The Bertz CT molecular complexity index is 686. The number of nitrogens with zero attached hydrogens (tertiary/aromatic N) is 1. The van der Waals surface area contributed by atoms with Crippen molar-refractivity contribution in [2.45, 2.75) is 45.8 Å². The zero-order valence-electron chi connectivity index (χ0n) is 13.0. The normalized spacial score (nSPS) is 33.7. The Hall–Kier alpha value is -2.02. The minimum absolute atomic E-state index is 0.404. The van der Waals surface area contributed by atoms with Crippen LogP contribution in [0, 0.1) is 22.2 Å². The molecule has 3 rings (SSSR count). The molecule has 0 N–H and O–H groups in total. The SMILES string of the molecule is CC(=O)OC12c3ccccc3OC1(C#N)C(C)(C)C2(C)C. The van der Waals surface area contributed by atoms with Gasteiger partial charge in [0, 0.05) is 23.3 Å². The summed E-state index contributed by atoms with van der Waals surface area (Å²) >= 11 is 0. The van der Waals surface area contributed by atoms with Crippen molar-refractivity contribution in [3.05, 3.63) is 29.8 Å². The molecule has 1 saturated carbocycles. The smallest absolute Gasteiger partial charge is 0.303 e. The first-order chi connectivity index (χ1) is 9.68. The summed E-state index contributed by atoms with van der Waals surface area (Å²) in [6.45, 7) is 9.40. The predicted octanol–water partition coefficient (Wildman–Crippen LogP) is 3.17. The van der Waals surface area contributed by atoms with Crippen molar-refractivity contribution >= 4 is 5.97 Å². The number of esters is 1.